The average Bonchev–Trinajstić information content (AvgIpc) is 3.28. The number of hydrogen-bond donors (Lipinski definition) is 4. The summed E-state index contributed by atoms with van der Waals surface area (Å²) in [5.41, 5.74) is -1.45. The molecule has 0 radical (unpaired) electrons. The molecule has 6 unspecified atom stereocenters. The zero-order valence-electron chi connectivity index (χ0n) is 24.3. The Bertz CT molecular complexity index is 794. The molecule has 0 spiro atoms. The van der Waals surface area contributed by atoms with Crippen molar-refractivity contribution in [1.29, 1.82) is 0 Å². The van der Waals surface area contributed by atoms with Gasteiger partial charge in [-0.2, -0.15) is 0 Å². The molecule has 4 amide bonds. The van der Waals surface area contributed by atoms with Gasteiger partial charge in [-0.05, 0) is 53.4 Å². The third-order valence-electron chi connectivity index (χ3n) is 5.99. The molecule has 2 aliphatic rings. The molecule has 2 aliphatic heterocycles. The molecule has 0 saturated carbocycles. The van der Waals surface area contributed by atoms with Gasteiger partial charge >= 0.3 is 12.2 Å². The van der Waals surface area contributed by atoms with Gasteiger partial charge in [0.25, 0.3) is 0 Å². The maximum Gasteiger partial charge on any atom is 0.414 e. The molecule has 2 fully saturated rings. The zero-order valence-corrected chi connectivity index (χ0v) is 24.3. The molecule has 0 aliphatic carbocycles. The highest BCUT2D eigenvalue weighted by Crippen LogP contribution is 2.28. The average molecular weight is 543 g/mol. The second-order valence-corrected chi connectivity index (χ2v) is 12.6. The molecular weight excluding hydrogens is 496 g/mol. The smallest absolute Gasteiger partial charge is 0.414 e. The van der Waals surface area contributed by atoms with Crippen molar-refractivity contribution >= 4 is 24.0 Å². The molecule has 0 aromatic heterocycles. The fourth-order valence-corrected chi connectivity index (χ4v) is 4.35. The SMILES string of the molecule is CC(C)C(NC1COC2C(NC(C(=O)NC(=O)OC(C)(C)C)C(C)C)COC12)C(=O)NC(=O)OC(C)(C)C. The molecule has 2 rings (SSSR count). The molecule has 12 nitrogen and oxygen atoms in total. The van der Waals surface area contributed by atoms with Crippen LogP contribution in [0, 0.1) is 11.8 Å². The fourth-order valence-electron chi connectivity index (χ4n) is 4.35. The van der Waals surface area contributed by atoms with Crippen LogP contribution >= 0.6 is 0 Å². The lowest BCUT2D eigenvalue weighted by atomic mass is 9.98. The first-order valence-electron chi connectivity index (χ1n) is 13.2. The highest BCUT2D eigenvalue weighted by atomic mass is 16.6. The Morgan fingerprint density at radius 2 is 0.974 bits per heavy atom. The van der Waals surface area contributed by atoms with E-state index in [4.69, 9.17) is 18.9 Å². The second kappa shape index (κ2) is 12.7. The van der Waals surface area contributed by atoms with E-state index in [9.17, 15) is 19.2 Å². The Labute approximate surface area is 225 Å². The normalized spacial score (nSPS) is 25.1. The van der Waals surface area contributed by atoms with Crippen LogP contribution in [0.1, 0.15) is 69.2 Å². The number of ether oxygens (including phenoxy) is 4. The maximum atomic E-state index is 12.8. The number of carbonyl (C=O) groups is 4. The van der Waals surface area contributed by atoms with Gasteiger partial charge in [-0.3, -0.25) is 30.9 Å². The topological polar surface area (TPSA) is 153 Å². The second-order valence-electron chi connectivity index (χ2n) is 12.6. The number of rotatable bonds is 8. The first kappa shape index (κ1) is 31.9. The summed E-state index contributed by atoms with van der Waals surface area (Å²) in [7, 11) is 0. The van der Waals surface area contributed by atoms with Gasteiger partial charge in [0.1, 0.15) is 23.4 Å². The number of amides is 4. The van der Waals surface area contributed by atoms with E-state index in [-0.39, 0.29) is 49.3 Å². The van der Waals surface area contributed by atoms with Crippen molar-refractivity contribution in [3.05, 3.63) is 0 Å². The quantitative estimate of drug-likeness (QED) is 0.357. The highest BCUT2D eigenvalue weighted by Gasteiger charge is 2.49. The Hall–Kier alpha value is -2.28. The lowest BCUT2D eigenvalue weighted by molar-refractivity contribution is -0.125. The minimum atomic E-state index is -0.804. The van der Waals surface area contributed by atoms with Crippen molar-refractivity contribution in [3.63, 3.8) is 0 Å². The molecular formula is C26H46N4O8. The summed E-state index contributed by atoms with van der Waals surface area (Å²) in [4.78, 5) is 49.9. The van der Waals surface area contributed by atoms with E-state index < -0.39 is 47.3 Å². The molecule has 2 heterocycles. The third-order valence-corrected chi connectivity index (χ3v) is 5.99. The molecule has 218 valence electrons. The first-order valence-corrected chi connectivity index (χ1v) is 13.2. The minimum absolute atomic E-state index is 0.131. The Morgan fingerprint density at radius 3 is 1.24 bits per heavy atom. The van der Waals surface area contributed by atoms with E-state index in [2.05, 4.69) is 21.3 Å². The number of alkyl carbamates (subject to hydrolysis) is 2. The Balaban J connectivity index is 2.00. The van der Waals surface area contributed by atoms with Crippen LogP contribution in [0.4, 0.5) is 9.59 Å². The number of imide groups is 2. The van der Waals surface area contributed by atoms with Crippen LogP contribution in [0.15, 0.2) is 0 Å². The molecule has 12 heteroatoms. The monoisotopic (exact) mass is 542 g/mol. The Morgan fingerprint density at radius 1 is 0.658 bits per heavy atom. The van der Waals surface area contributed by atoms with Gasteiger partial charge in [0.05, 0.1) is 37.4 Å². The molecule has 0 aromatic carbocycles. The Kier molecular flexibility index (Phi) is 10.7. The molecule has 4 N–H and O–H groups in total. The van der Waals surface area contributed by atoms with Crippen LogP contribution in [0.25, 0.3) is 0 Å². The number of nitrogens with one attached hydrogen (secondary N) is 4. The van der Waals surface area contributed by atoms with E-state index in [1.54, 1.807) is 41.5 Å². The summed E-state index contributed by atoms with van der Waals surface area (Å²) < 4.78 is 22.4. The van der Waals surface area contributed by atoms with E-state index in [1.807, 2.05) is 27.7 Å². The van der Waals surface area contributed by atoms with Gasteiger partial charge in [-0.25, -0.2) is 9.59 Å². The predicted molar refractivity (Wildman–Crippen MR) is 139 cm³/mol. The summed E-state index contributed by atoms with van der Waals surface area (Å²) in [6, 6.07) is -1.99. The van der Waals surface area contributed by atoms with Gasteiger partial charge in [-0.1, -0.05) is 27.7 Å². The van der Waals surface area contributed by atoms with E-state index >= 15 is 0 Å². The van der Waals surface area contributed by atoms with E-state index in [1.165, 1.54) is 0 Å². The fraction of sp³-hybridized carbons (Fsp3) is 0.846. The van der Waals surface area contributed by atoms with Gasteiger partial charge < -0.3 is 18.9 Å². The van der Waals surface area contributed by atoms with Gasteiger partial charge in [0.15, 0.2) is 0 Å². The molecule has 6 atom stereocenters. The number of hydrogen-bond acceptors (Lipinski definition) is 10. The van der Waals surface area contributed by atoms with Crippen LogP contribution < -0.4 is 21.3 Å². The van der Waals surface area contributed by atoms with Gasteiger partial charge in [0.2, 0.25) is 11.8 Å². The summed E-state index contributed by atoms with van der Waals surface area (Å²) in [6.45, 7) is 18.4. The number of fused-ring (bicyclic) bond motifs is 1. The van der Waals surface area contributed by atoms with Crippen LogP contribution in [0.2, 0.25) is 0 Å². The van der Waals surface area contributed by atoms with E-state index in [0.29, 0.717) is 0 Å². The van der Waals surface area contributed by atoms with Crippen LogP contribution in [0.5, 0.6) is 0 Å². The first-order chi connectivity index (χ1) is 17.4. The van der Waals surface area contributed by atoms with Crippen molar-refractivity contribution in [2.24, 2.45) is 11.8 Å². The van der Waals surface area contributed by atoms with Crippen LogP contribution in [-0.4, -0.2) is 84.8 Å². The molecule has 0 aromatic rings. The lowest BCUT2D eigenvalue weighted by Crippen LogP contribution is -2.57. The molecule has 0 bridgehead atoms. The molecule has 2 saturated heterocycles. The van der Waals surface area contributed by atoms with Crippen LogP contribution in [0.3, 0.4) is 0 Å². The standard InChI is InChI=1S/C26H46N4O8/c1-13(2)17(21(31)29-23(33)37-25(5,6)7)27-15-11-35-20-16(12-36-19(15)20)28-18(14(3)4)22(32)30-24(34)38-26(8,9)10/h13-20,27-28H,11-12H2,1-10H3,(H,29,31,33)(H,30,32,34). The lowest BCUT2D eigenvalue weighted by Gasteiger charge is -2.28. The van der Waals surface area contributed by atoms with E-state index in [0.717, 1.165) is 0 Å². The number of carbonyl (C=O) groups excluding carboxylic acids is 4. The van der Waals surface area contributed by atoms with Crippen molar-refractivity contribution in [2.45, 2.75) is 117 Å². The van der Waals surface area contributed by atoms with Gasteiger partial charge in [-0.15, -0.1) is 0 Å². The molecule has 38 heavy (non-hydrogen) atoms. The van der Waals surface area contributed by atoms with Gasteiger partial charge in [0, 0.05) is 0 Å². The third kappa shape index (κ3) is 9.48. The summed E-state index contributed by atoms with van der Waals surface area (Å²) in [6.07, 6.45) is -2.35. The van der Waals surface area contributed by atoms with Crippen molar-refractivity contribution in [1.82, 2.24) is 21.3 Å². The summed E-state index contributed by atoms with van der Waals surface area (Å²) >= 11 is 0. The minimum Gasteiger partial charge on any atom is -0.444 e. The maximum absolute atomic E-state index is 12.8. The van der Waals surface area contributed by atoms with Crippen molar-refractivity contribution < 1.29 is 38.1 Å². The highest BCUT2D eigenvalue weighted by molar-refractivity contribution is 5.95. The van der Waals surface area contributed by atoms with Crippen LogP contribution in [-0.2, 0) is 28.5 Å². The predicted octanol–water partition coefficient (Wildman–Crippen LogP) is 1.85. The van der Waals surface area contributed by atoms with Crippen molar-refractivity contribution in [2.75, 3.05) is 13.2 Å². The largest absolute Gasteiger partial charge is 0.444 e. The summed E-state index contributed by atoms with van der Waals surface area (Å²) in [5.74, 6) is -1.25. The van der Waals surface area contributed by atoms with Crippen molar-refractivity contribution in [3.8, 4) is 0 Å². The zero-order chi connectivity index (χ0) is 29.0. The summed E-state index contributed by atoms with van der Waals surface area (Å²) in [5, 5.41) is 11.2.